The zero-order chi connectivity index (χ0) is 17.1. The van der Waals surface area contributed by atoms with Gasteiger partial charge in [0.1, 0.15) is 5.56 Å². The Balaban J connectivity index is 2.02. The lowest BCUT2D eigenvalue weighted by atomic mass is 10.2. The minimum atomic E-state index is -0.121. The minimum absolute atomic E-state index is 0.121. The third-order valence-electron chi connectivity index (χ3n) is 4.17. The van der Waals surface area contributed by atoms with E-state index < -0.39 is 0 Å². The number of amides is 1. The predicted octanol–water partition coefficient (Wildman–Crippen LogP) is 2.59. The summed E-state index contributed by atoms with van der Waals surface area (Å²) in [7, 11) is 5.08. The number of anilines is 2. The summed E-state index contributed by atoms with van der Waals surface area (Å²) in [6, 6.07) is 11.3. The third-order valence-corrected chi connectivity index (χ3v) is 4.17. The third kappa shape index (κ3) is 2.87. The van der Waals surface area contributed by atoms with Crippen molar-refractivity contribution in [3.8, 4) is 11.8 Å². The molecule has 2 heterocycles. The number of pyridine rings is 1. The van der Waals surface area contributed by atoms with Crippen molar-refractivity contribution in [2.75, 3.05) is 44.2 Å². The fraction of sp³-hybridized carbons (Fsp3) is 0.333. The molecule has 0 saturated heterocycles. The Hall–Kier alpha value is -2.76. The number of carbonyl (C=O) groups excluding carboxylic acids is 1. The molecule has 1 aromatic heterocycles. The van der Waals surface area contributed by atoms with E-state index in [1.54, 1.807) is 17.0 Å². The van der Waals surface area contributed by atoms with Crippen molar-refractivity contribution in [1.29, 1.82) is 0 Å². The van der Waals surface area contributed by atoms with E-state index in [-0.39, 0.29) is 11.8 Å². The number of fused-ring (bicyclic) bond motifs is 1. The molecule has 3 rings (SSSR count). The molecular weight excluding hydrogens is 306 g/mol. The Labute approximate surface area is 141 Å². The maximum Gasteiger partial charge on any atom is 0.263 e. The second-order valence-electron chi connectivity index (χ2n) is 5.63. The summed E-state index contributed by atoms with van der Waals surface area (Å²) in [5, 5.41) is 0. The molecule has 1 aliphatic rings. The lowest BCUT2D eigenvalue weighted by Crippen LogP contribution is -2.32. The van der Waals surface area contributed by atoms with Crippen LogP contribution in [0.5, 0.6) is 11.8 Å². The van der Waals surface area contributed by atoms with Crippen molar-refractivity contribution < 1.29 is 14.3 Å². The van der Waals surface area contributed by atoms with E-state index >= 15 is 0 Å². The Kier molecular flexibility index (Phi) is 4.55. The highest BCUT2D eigenvalue weighted by Crippen LogP contribution is 2.33. The van der Waals surface area contributed by atoms with Crippen LogP contribution in [-0.4, -0.2) is 45.2 Å². The average Bonchev–Trinajstić information content (AvgIpc) is 2.80. The first-order valence-electron chi connectivity index (χ1n) is 7.86. The molecule has 0 aliphatic carbocycles. The summed E-state index contributed by atoms with van der Waals surface area (Å²) in [6.07, 6.45) is 0.892. The van der Waals surface area contributed by atoms with Gasteiger partial charge in [-0.15, -0.1) is 0 Å². The van der Waals surface area contributed by atoms with Gasteiger partial charge in [0.05, 0.1) is 25.6 Å². The molecule has 0 radical (unpaired) electrons. The van der Waals surface area contributed by atoms with Gasteiger partial charge in [0.2, 0.25) is 11.8 Å². The van der Waals surface area contributed by atoms with Crippen LogP contribution in [-0.2, 0) is 0 Å². The lowest BCUT2D eigenvalue weighted by Gasteiger charge is -2.24. The van der Waals surface area contributed by atoms with Gasteiger partial charge in [-0.1, -0.05) is 12.1 Å². The van der Waals surface area contributed by atoms with Gasteiger partial charge in [0, 0.05) is 26.2 Å². The average molecular weight is 327 g/mol. The maximum absolute atomic E-state index is 13.1. The number of para-hydroxylation sites is 2. The van der Waals surface area contributed by atoms with E-state index in [0.29, 0.717) is 18.0 Å². The zero-order valence-electron chi connectivity index (χ0n) is 14.2. The van der Waals surface area contributed by atoms with Gasteiger partial charge >= 0.3 is 0 Å². The first-order valence-corrected chi connectivity index (χ1v) is 7.86. The van der Waals surface area contributed by atoms with Crippen LogP contribution in [0, 0.1) is 0 Å². The topological polar surface area (TPSA) is 54.9 Å². The van der Waals surface area contributed by atoms with Crippen LogP contribution in [0.15, 0.2) is 36.4 Å². The van der Waals surface area contributed by atoms with Gasteiger partial charge in [-0.25, -0.2) is 0 Å². The number of rotatable bonds is 3. The normalized spacial score (nSPS) is 14.0. The van der Waals surface area contributed by atoms with Crippen LogP contribution in [0.3, 0.4) is 0 Å². The second kappa shape index (κ2) is 6.78. The lowest BCUT2D eigenvalue weighted by molar-refractivity contribution is 0.0983. The Morgan fingerprint density at radius 1 is 1.04 bits per heavy atom. The standard InChI is InChI=1S/C18H21N3O3/c1-20-11-6-12-21(15-8-5-4-7-14(15)20)18(22)13-9-10-16(23-2)19-17(13)24-3/h4-5,7-10H,6,11-12H2,1-3H3. The van der Waals surface area contributed by atoms with Gasteiger partial charge in [-0.3, -0.25) is 4.79 Å². The first kappa shape index (κ1) is 16.1. The number of nitrogens with zero attached hydrogens (tertiary/aromatic N) is 3. The molecule has 2 aromatic rings. The van der Waals surface area contributed by atoms with Crippen molar-refractivity contribution in [3.63, 3.8) is 0 Å². The molecule has 0 fully saturated rings. The summed E-state index contributed by atoms with van der Waals surface area (Å²) >= 11 is 0. The fourth-order valence-electron chi connectivity index (χ4n) is 2.93. The summed E-state index contributed by atoms with van der Waals surface area (Å²) in [5.74, 6) is 0.568. The molecule has 1 amide bonds. The van der Waals surface area contributed by atoms with E-state index in [2.05, 4.69) is 9.88 Å². The molecule has 0 spiro atoms. The number of aromatic nitrogens is 1. The van der Waals surface area contributed by atoms with Crippen LogP contribution < -0.4 is 19.3 Å². The van der Waals surface area contributed by atoms with Gasteiger partial charge < -0.3 is 19.3 Å². The predicted molar refractivity (Wildman–Crippen MR) is 93.3 cm³/mol. The van der Waals surface area contributed by atoms with Crippen molar-refractivity contribution in [2.24, 2.45) is 0 Å². The number of methoxy groups -OCH3 is 2. The highest BCUT2D eigenvalue weighted by Gasteiger charge is 2.26. The number of benzene rings is 1. The number of hydrogen-bond acceptors (Lipinski definition) is 5. The van der Waals surface area contributed by atoms with Crippen molar-refractivity contribution in [1.82, 2.24) is 4.98 Å². The quantitative estimate of drug-likeness (QED) is 0.867. The maximum atomic E-state index is 13.1. The van der Waals surface area contributed by atoms with E-state index in [0.717, 1.165) is 24.3 Å². The monoisotopic (exact) mass is 327 g/mol. The molecular formula is C18H21N3O3. The van der Waals surface area contributed by atoms with E-state index in [4.69, 9.17) is 9.47 Å². The molecule has 0 atom stereocenters. The van der Waals surface area contributed by atoms with Gasteiger partial charge in [0.25, 0.3) is 5.91 Å². The van der Waals surface area contributed by atoms with Crippen LogP contribution in [0.25, 0.3) is 0 Å². The number of hydrogen-bond donors (Lipinski definition) is 0. The smallest absolute Gasteiger partial charge is 0.263 e. The van der Waals surface area contributed by atoms with Gasteiger partial charge in [0.15, 0.2) is 0 Å². The van der Waals surface area contributed by atoms with E-state index in [1.165, 1.54) is 14.2 Å². The molecule has 0 bridgehead atoms. The molecule has 24 heavy (non-hydrogen) atoms. The van der Waals surface area contributed by atoms with Crippen molar-refractivity contribution >= 4 is 17.3 Å². The second-order valence-corrected chi connectivity index (χ2v) is 5.63. The fourth-order valence-corrected chi connectivity index (χ4v) is 2.93. The Morgan fingerprint density at radius 2 is 1.79 bits per heavy atom. The summed E-state index contributed by atoms with van der Waals surface area (Å²) < 4.78 is 10.4. The first-order chi connectivity index (χ1) is 11.7. The molecule has 0 N–H and O–H groups in total. The largest absolute Gasteiger partial charge is 0.481 e. The number of carbonyl (C=O) groups is 1. The molecule has 6 nitrogen and oxygen atoms in total. The summed E-state index contributed by atoms with van der Waals surface area (Å²) in [5.41, 5.74) is 2.38. The van der Waals surface area contributed by atoms with Crippen LogP contribution in [0.4, 0.5) is 11.4 Å². The summed E-state index contributed by atoms with van der Waals surface area (Å²) in [6.45, 7) is 1.55. The van der Waals surface area contributed by atoms with E-state index in [1.807, 2.05) is 31.3 Å². The SMILES string of the molecule is COc1ccc(C(=O)N2CCCN(C)c3ccccc32)c(OC)n1. The molecule has 1 aliphatic heterocycles. The van der Waals surface area contributed by atoms with Crippen molar-refractivity contribution in [2.45, 2.75) is 6.42 Å². The molecule has 0 saturated carbocycles. The zero-order valence-corrected chi connectivity index (χ0v) is 14.2. The van der Waals surface area contributed by atoms with Crippen LogP contribution >= 0.6 is 0 Å². The summed E-state index contributed by atoms with van der Waals surface area (Å²) in [4.78, 5) is 21.3. The van der Waals surface area contributed by atoms with Crippen molar-refractivity contribution in [3.05, 3.63) is 42.0 Å². The molecule has 1 aromatic carbocycles. The molecule has 0 unspecified atom stereocenters. The Bertz CT molecular complexity index is 748. The Morgan fingerprint density at radius 3 is 2.50 bits per heavy atom. The molecule has 126 valence electrons. The minimum Gasteiger partial charge on any atom is -0.481 e. The highest BCUT2D eigenvalue weighted by atomic mass is 16.5. The van der Waals surface area contributed by atoms with Gasteiger partial charge in [-0.2, -0.15) is 4.98 Å². The van der Waals surface area contributed by atoms with Gasteiger partial charge in [-0.05, 0) is 24.6 Å². The highest BCUT2D eigenvalue weighted by molar-refractivity contribution is 6.09. The molecule has 6 heteroatoms. The van der Waals surface area contributed by atoms with E-state index in [9.17, 15) is 4.79 Å². The van der Waals surface area contributed by atoms with Crippen LogP contribution in [0.1, 0.15) is 16.8 Å². The number of ether oxygens (including phenoxy) is 2. The van der Waals surface area contributed by atoms with Crippen LogP contribution in [0.2, 0.25) is 0 Å².